The van der Waals surface area contributed by atoms with E-state index in [1.54, 1.807) is 17.9 Å². The summed E-state index contributed by atoms with van der Waals surface area (Å²) in [7, 11) is 0. The topological polar surface area (TPSA) is 111 Å². The quantitative estimate of drug-likeness (QED) is 0.827. The molecular formula is C21H24N6O2. The van der Waals surface area contributed by atoms with E-state index < -0.39 is 0 Å². The Morgan fingerprint density at radius 3 is 2.59 bits per heavy atom. The van der Waals surface area contributed by atoms with Crippen molar-refractivity contribution in [2.24, 2.45) is 5.92 Å². The van der Waals surface area contributed by atoms with E-state index in [2.05, 4.69) is 27.5 Å². The predicted octanol–water partition coefficient (Wildman–Crippen LogP) is 2.64. The summed E-state index contributed by atoms with van der Waals surface area (Å²) in [6.45, 7) is 8.00. The lowest BCUT2D eigenvalue weighted by molar-refractivity contribution is -0.117. The minimum atomic E-state index is -0.188. The van der Waals surface area contributed by atoms with Crippen molar-refractivity contribution < 1.29 is 9.59 Å². The number of nitrogens with zero attached hydrogens (tertiary/aromatic N) is 4. The average Bonchev–Trinajstić information content (AvgIpc) is 2.71. The van der Waals surface area contributed by atoms with Gasteiger partial charge < -0.3 is 15.5 Å². The number of nitrogens with one attached hydrogen (secondary N) is 2. The van der Waals surface area contributed by atoms with E-state index in [9.17, 15) is 9.59 Å². The molecule has 0 bridgehead atoms. The van der Waals surface area contributed by atoms with Crippen molar-refractivity contribution in [3.05, 3.63) is 47.4 Å². The zero-order valence-corrected chi connectivity index (χ0v) is 16.9. The van der Waals surface area contributed by atoms with Crippen LogP contribution in [0, 0.1) is 17.2 Å². The Balaban J connectivity index is 2.06. The van der Waals surface area contributed by atoms with Gasteiger partial charge >= 0.3 is 0 Å². The lowest BCUT2D eigenvalue weighted by Gasteiger charge is -2.44. The van der Waals surface area contributed by atoms with Gasteiger partial charge in [0.1, 0.15) is 11.9 Å². The lowest BCUT2D eigenvalue weighted by Crippen LogP contribution is -2.48. The Morgan fingerprint density at radius 1 is 1.24 bits per heavy atom. The predicted molar refractivity (Wildman–Crippen MR) is 109 cm³/mol. The van der Waals surface area contributed by atoms with Gasteiger partial charge in [-0.15, -0.1) is 0 Å². The summed E-state index contributed by atoms with van der Waals surface area (Å²) in [5.74, 6) is 0.354. The van der Waals surface area contributed by atoms with Crippen molar-refractivity contribution in [1.29, 1.82) is 5.26 Å². The second-order valence-corrected chi connectivity index (χ2v) is 7.14. The molecule has 1 aliphatic heterocycles. The van der Waals surface area contributed by atoms with Crippen LogP contribution in [-0.4, -0.2) is 34.4 Å². The van der Waals surface area contributed by atoms with E-state index in [4.69, 9.17) is 5.26 Å². The fraction of sp³-hybridized carbons (Fsp3) is 0.381. The summed E-state index contributed by atoms with van der Waals surface area (Å²) >= 11 is 0. The number of rotatable bonds is 4. The second-order valence-electron chi connectivity index (χ2n) is 7.14. The van der Waals surface area contributed by atoms with E-state index in [-0.39, 0.29) is 35.5 Å². The molecule has 0 fully saturated rings. The van der Waals surface area contributed by atoms with E-state index >= 15 is 0 Å². The molecule has 2 amide bonds. The summed E-state index contributed by atoms with van der Waals surface area (Å²) < 4.78 is 0. The molecule has 2 aromatic rings. The van der Waals surface area contributed by atoms with E-state index in [0.717, 1.165) is 11.3 Å². The Bertz CT molecular complexity index is 966. The van der Waals surface area contributed by atoms with Crippen LogP contribution in [0.5, 0.6) is 0 Å². The molecule has 29 heavy (non-hydrogen) atoms. The summed E-state index contributed by atoms with van der Waals surface area (Å²) in [4.78, 5) is 34.8. The Kier molecular flexibility index (Phi) is 5.78. The van der Waals surface area contributed by atoms with Gasteiger partial charge in [-0.1, -0.05) is 6.92 Å². The van der Waals surface area contributed by atoms with Gasteiger partial charge in [0.15, 0.2) is 5.69 Å². The van der Waals surface area contributed by atoms with Gasteiger partial charge in [-0.3, -0.25) is 9.59 Å². The highest BCUT2D eigenvalue weighted by Gasteiger charge is 2.38. The first-order chi connectivity index (χ1) is 13.9. The van der Waals surface area contributed by atoms with Crippen LogP contribution in [0.1, 0.15) is 55.4 Å². The molecule has 1 aromatic heterocycles. The second kappa shape index (κ2) is 8.27. The normalized spacial score (nSPS) is 20.4. The molecule has 2 N–H and O–H groups in total. The number of nitriles is 1. The fourth-order valence-electron chi connectivity index (χ4n) is 3.73. The van der Waals surface area contributed by atoms with E-state index in [1.165, 1.54) is 12.4 Å². The number of carbonyl (C=O) groups is 2. The number of amides is 2. The molecule has 0 unspecified atom stereocenters. The lowest BCUT2D eigenvalue weighted by atomic mass is 9.82. The number of anilines is 2. The van der Waals surface area contributed by atoms with Crippen LogP contribution < -0.4 is 15.5 Å². The molecule has 0 radical (unpaired) electrons. The van der Waals surface area contributed by atoms with E-state index in [0.29, 0.717) is 17.9 Å². The number of hydrogen-bond acceptors (Lipinski definition) is 6. The molecule has 1 aliphatic rings. The molecule has 3 atom stereocenters. The monoisotopic (exact) mass is 392 g/mol. The maximum atomic E-state index is 12.4. The Labute approximate surface area is 170 Å². The number of aromatic nitrogens is 2. The highest BCUT2D eigenvalue weighted by Crippen LogP contribution is 2.42. The van der Waals surface area contributed by atoms with Gasteiger partial charge in [-0.25, -0.2) is 9.97 Å². The first-order valence-electron chi connectivity index (χ1n) is 9.58. The molecule has 0 aliphatic carbocycles. The molecule has 0 spiro atoms. The smallest absolute Gasteiger partial charge is 0.251 e. The first-order valence-corrected chi connectivity index (χ1v) is 9.58. The SMILES string of the molecule is CCNC(=O)c1ccc2c(c1)[C@H](Nc1cnc(C#N)cn1)[C@@H](C)[C@H](C)N2C(C)=O. The van der Waals surface area contributed by atoms with Crippen LogP contribution in [0.3, 0.4) is 0 Å². The van der Waals surface area contributed by atoms with Gasteiger partial charge in [0.2, 0.25) is 5.91 Å². The molecule has 0 saturated heterocycles. The zero-order valence-electron chi connectivity index (χ0n) is 16.9. The van der Waals surface area contributed by atoms with Crippen LogP contribution in [0.2, 0.25) is 0 Å². The molecule has 2 heterocycles. The van der Waals surface area contributed by atoms with Gasteiger partial charge in [0.05, 0.1) is 18.4 Å². The Morgan fingerprint density at radius 2 is 2.00 bits per heavy atom. The molecular weight excluding hydrogens is 368 g/mol. The summed E-state index contributed by atoms with van der Waals surface area (Å²) in [6, 6.07) is 7.09. The van der Waals surface area contributed by atoms with Crippen molar-refractivity contribution in [2.75, 3.05) is 16.8 Å². The van der Waals surface area contributed by atoms with Crippen LogP contribution >= 0.6 is 0 Å². The van der Waals surface area contributed by atoms with Crippen molar-refractivity contribution >= 4 is 23.3 Å². The number of carbonyl (C=O) groups excluding carboxylic acids is 2. The van der Waals surface area contributed by atoms with Crippen molar-refractivity contribution in [3.8, 4) is 6.07 Å². The van der Waals surface area contributed by atoms with Crippen LogP contribution in [-0.2, 0) is 4.79 Å². The maximum Gasteiger partial charge on any atom is 0.251 e. The van der Waals surface area contributed by atoms with E-state index in [1.807, 2.05) is 32.0 Å². The third-order valence-corrected chi connectivity index (χ3v) is 5.32. The minimum Gasteiger partial charge on any atom is -0.362 e. The number of fused-ring (bicyclic) bond motifs is 1. The van der Waals surface area contributed by atoms with Crippen LogP contribution in [0.4, 0.5) is 11.5 Å². The summed E-state index contributed by atoms with van der Waals surface area (Å²) in [5.41, 5.74) is 2.40. The van der Waals surface area contributed by atoms with Crippen molar-refractivity contribution in [3.63, 3.8) is 0 Å². The molecule has 3 rings (SSSR count). The summed E-state index contributed by atoms with van der Waals surface area (Å²) in [5, 5.41) is 15.1. The molecule has 150 valence electrons. The third-order valence-electron chi connectivity index (χ3n) is 5.32. The minimum absolute atomic E-state index is 0.0355. The van der Waals surface area contributed by atoms with Crippen molar-refractivity contribution in [1.82, 2.24) is 15.3 Å². The standard InChI is InChI=1S/C21H24N6O2/c1-5-23-21(29)15-6-7-18-17(8-15)20(12(2)13(3)27(18)14(4)28)26-19-11-24-16(9-22)10-25-19/h6-8,10-13,20H,5H2,1-4H3,(H,23,29)(H,25,26)/t12-,13-,20+/m0/s1. The first kappa shape index (κ1) is 20.3. The van der Waals surface area contributed by atoms with Crippen LogP contribution in [0.25, 0.3) is 0 Å². The van der Waals surface area contributed by atoms with Gasteiger partial charge in [-0.2, -0.15) is 5.26 Å². The average molecular weight is 392 g/mol. The molecule has 1 aromatic carbocycles. The zero-order chi connectivity index (χ0) is 21.1. The third kappa shape index (κ3) is 3.90. The number of hydrogen-bond donors (Lipinski definition) is 2. The maximum absolute atomic E-state index is 12.4. The molecule has 8 nitrogen and oxygen atoms in total. The highest BCUT2D eigenvalue weighted by atomic mass is 16.2. The van der Waals surface area contributed by atoms with Crippen molar-refractivity contribution in [2.45, 2.75) is 39.8 Å². The van der Waals surface area contributed by atoms with Crippen LogP contribution in [0.15, 0.2) is 30.6 Å². The highest BCUT2D eigenvalue weighted by molar-refractivity contribution is 5.97. The molecule has 0 saturated carbocycles. The fourth-order valence-corrected chi connectivity index (χ4v) is 3.73. The largest absolute Gasteiger partial charge is 0.362 e. The Hall–Kier alpha value is -3.47. The van der Waals surface area contributed by atoms with Gasteiger partial charge in [0, 0.05) is 36.7 Å². The van der Waals surface area contributed by atoms with Gasteiger partial charge in [0.25, 0.3) is 5.91 Å². The summed E-state index contributed by atoms with van der Waals surface area (Å²) in [6.07, 6.45) is 2.92. The number of benzene rings is 1. The van der Waals surface area contributed by atoms with Gasteiger partial charge in [-0.05, 0) is 37.6 Å². The molecule has 8 heteroatoms.